The van der Waals surface area contributed by atoms with Crippen molar-refractivity contribution >= 4 is 22.9 Å². The number of hydrogen-bond acceptors (Lipinski definition) is 3. The lowest BCUT2D eigenvalue weighted by Gasteiger charge is -2.21. The molecule has 2 aromatic heterocycles. The first kappa shape index (κ1) is 16.5. The van der Waals surface area contributed by atoms with Crippen LogP contribution in [-0.4, -0.2) is 16.3 Å². The molecular weight excluding hydrogens is 302 g/mol. The third kappa shape index (κ3) is 3.50. The molecular formula is C16H24ClN3S. The molecule has 116 valence electrons. The van der Waals surface area contributed by atoms with Crippen LogP contribution in [0.3, 0.4) is 0 Å². The molecule has 0 saturated heterocycles. The SMILES string of the molecule is CCCNC(c1cc(C)c(C)s1)c1c(Cl)cnn1C(C)C. The van der Waals surface area contributed by atoms with Crippen LogP contribution in [0.2, 0.25) is 5.02 Å². The average Bonchev–Trinajstić information content (AvgIpc) is 2.95. The van der Waals surface area contributed by atoms with Crippen molar-refractivity contribution < 1.29 is 0 Å². The molecule has 0 saturated carbocycles. The van der Waals surface area contributed by atoms with Crippen molar-refractivity contribution in [1.82, 2.24) is 15.1 Å². The summed E-state index contributed by atoms with van der Waals surface area (Å²) >= 11 is 8.28. The van der Waals surface area contributed by atoms with E-state index < -0.39 is 0 Å². The zero-order valence-electron chi connectivity index (χ0n) is 13.4. The van der Waals surface area contributed by atoms with Gasteiger partial charge in [0.25, 0.3) is 0 Å². The van der Waals surface area contributed by atoms with E-state index in [4.69, 9.17) is 11.6 Å². The zero-order valence-corrected chi connectivity index (χ0v) is 15.0. The van der Waals surface area contributed by atoms with E-state index in [1.807, 2.05) is 16.0 Å². The smallest absolute Gasteiger partial charge is 0.0857 e. The molecule has 1 N–H and O–H groups in total. The van der Waals surface area contributed by atoms with Crippen LogP contribution in [0.1, 0.15) is 60.3 Å². The molecule has 0 amide bonds. The zero-order chi connectivity index (χ0) is 15.6. The Hall–Kier alpha value is -0.840. The molecule has 2 heterocycles. The minimum absolute atomic E-state index is 0.111. The molecule has 0 aromatic carbocycles. The van der Waals surface area contributed by atoms with Crippen LogP contribution in [0.25, 0.3) is 0 Å². The van der Waals surface area contributed by atoms with Gasteiger partial charge in [0.05, 0.1) is 23.0 Å². The lowest BCUT2D eigenvalue weighted by molar-refractivity contribution is 0.474. The van der Waals surface area contributed by atoms with Gasteiger partial charge < -0.3 is 5.32 Å². The molecule has 1 unspecified atom stereocenters. The number of nitrogens with one attached hydrogen (secondary N) is 1. The Morgan fingerprint density at radius 3 is 2.62 bits per heavy atom. The summed E-state index contributed by atoms with van der Waals surface area (Å²) in [7, 11) is 0. The van der Waals surface area contributed by atoms with Gasteiger partial charge >= 0.3 is 0 Å². The van der Waals surface area contributed by atoms with E-state index in [1.54, 1.807) is 6.20 Å². The van der Waals surface area contributed by atoms with Gasteiger partial charge in [-0.15, -0.1) is 11.3 Å². The first-order valence-corrected chi connectivity index (χ1v) is 8.68. The minimum atomic E-state index is 0.111. The first-order chi connectivity index (χ1) is 9.95. The normalized spacial score (nSPS) is 13.1. The molecule has 1 atom stereocenters. The fourth-order valence-electron chi connectivity index (χ4n) is 2.40. The highest BCUT2D eigenvalue weighted by atomic mass is 35.5. The number of thiophene rings is 1. The molecule has 2 aromatic rings. The fourth-order valence-corrected chi connectivity index (χ4v) is 3.76. The highest BCUT2D eigenvalue weighted by molar-refractivity contribution is 7.12. The summed E-state index contributed by atoms with van der Waals surface area (Å²) in [4.78, 5) is 2.67. The maximum absolute atomic E-state index is 6.44. The summed E-state index contributed by atoms with van der Waals surface area (Å²) in [5.74, 6) is 0. The topological polar surface area (TPSA) is 29.9 Å². The number of aromatic nitrogens is 2. The van der Waals surface area contributed by atoms with E-state index in [1.165, 1.54) is 15.3 Å². The van der Waals surface area contributed by atoms with Crippen molar-refractivity contribution in [2.24, 2.45) is 0 Å². The van der Waals surface area contributed by atoms with Crippen molar-refractivity contribution in [1.29, 1.82) is 0 Å². The average molecular weight is 326 g/mol. The summed E-state index contributed by atoms with van der Waals surface area (Å²) in [5.41, 5.74) is 2.41. The van der Waals surface area contributed by atoms with E-state index in [-0.39, 0.29) is 6.04 Å². The van der Waals surface area contributed by atoms with Crippen LogP contribution in [0.5, 0.6) is 0 Å². The molecule has 2 rings (SSSR count). The van der Waals surface area contributed by atoms with Crippen LogP contribution < -0.4 is 5.32 Å². The largest absolute Gasteiger partial charge is 0.304 e. The minimum Gasteiger partial charge on any atom is -0.304 e. The second-order valence-electron chi connectivity index (χ2n) is 5.69. The lowest BCUT2D eigenvalue weighted by atomic mass is 10.1. The number of nitrogens with zero attached hydrogens (tertiary/aromatic N) is 2. The van der Waals surface area contributed by atoms with Crippen molar-refractivity contribution in [3.05, 3.63) is 38.3 Å². The van der Waals surface area contributed by atoms with Crippen molar-refractivity contribution in [3.8, 4) is 0 Å². The predicted octanol–water partition coefficient (Wildman–Crippen LogP) is 4.88. The predicted molar refractivity (Wildman–Crippen MR) is 91.6 cm³/mol. The monoisotopic (exact) mass is 325 g/mol. The van der Waals surface area contributed by atoms with Crippen molar-refractivity contribution in [2.45, 2.75) is 53.1 Å². The van der Waals surface area contributed by atoms with Gasteiger partial charge in [-0.2, -0.15) is 5.10 Å². The van der Waals surface area contributed by atoms with Crippen LogP contribution in [-0.2, 0) is 0 Å². The molecule has 0 aliphatic heterocycles. The van der Waals surface area contributed by atoms with Gasteiger partial charge in [0, 0.05) is 15.8 Å². The fraction of sp³-hybridized carbons (Fsp3) is 0.562. The number of aryl methyl sites for hydroxylation is 2. The second-order valence-corrected chi connectivity index (χ2v) is 7.39. The van der Waals surface area contributed by atoms with E-state index in [0.717, 1.165) is 23.7 Å². The summed E-state index contributed by atoms with van der Waals surface area (Å²) in [6.45, 7) is 11.7. The van der Waals surface area contributed by atoms with Crippen LogP contribution in [0.15, 0.2) is 12.3 Å². The number of halogens is 1. The highest BCUT2D eigenvalue weighted by Gasteiger charge is 2.24. The molecule has 0 fully saturated rings. The Balaban J connectivity index is 2.47. The Morgan fingerprint density at radius 1 is 1.38 bits per heavy atom. The van der Waals surface area contributed by atoms with Crippen molar-refractivity contribution in [3.63, 3.8) is 0 Å². The summed E-state index contributed by atoms with van der Waals surface area (Å²) in [5, 5.41) is 8.82. The molecule has 21 heavy (non-hydrogen) atoms. The van der Waals surface area contributed by atoms with Gasteiger partial charge in [-0.3, -0.25) is 4.68 Å². The quantitative estimate of drug-likeness (QED) is 0.820. The number of hydrogen-bond donors (Lipinski definition) is 1. The van der Waals surface area contributed by atoms with Gasteiger partial charge in [-0.25, -0.2) is 0 Å². The molecule has 0 radical (unpaired) electrons. The maximum Gasteiger partial charge on any atom is 0.0857 e. The third-order valence-corrected chi connectivity index (χ3v) is 5.13. The molecule has 0 aliphatic rings. The van der Waals surface area contributed by atoms with Crippen LogP contribution in [0, 0.1) is 13.8 Å². The lowest BCUT2D eigenvalue weighted by Crippen LogP contribution is -2.26. The van der Waals surface area contributed by atoms with Gasteiger partial charge in [0.2, 0.25) is 0 Å². The maximum atomic E-state index is 6.44. The highest BCUT2D eigenvalue weighted by Crippen LogP contribution is 2.35. The second kappa shape index (κ2) is 6.95. The van der Waals surface area contributed by atoms with E-state index >= 15 is 0 Å². The number of rotatable bonds is 6. The van der Waals surface area contributed by atoms with Gasteiger partial charge in [-0.05, 0) is 52.3 Å². The molecule has 0 spiro atoms. The molecule has 3 nitrogen and oxygen atoms in total. The van der Waals surface area contributed by atoms with E-state index in [9.17, 15) is 0 Å². The summed E-state index contributed by atoms with van der Waals surface area (Å²) in [6, 6.07) is 2.67. The Morgan fingerprint density at radius 2 is 2.10 bits per heavy atom. The summed E-state index contributed by atoms with van der Waals surface area (Å²) < 4.78 is 2.03. The van der Waals surface area contributed by atoms with Crippen molar-refractivity contribution in [2.75, 3.05) is 6.54 Å². The molecule has 0 bridgehead atoms. The van der Waals surface area contributed by atoms with Gasteiger partial charge in [0.15, 0.2) is 0 Å². The third-order valence-electron chi connectivity index (χ3n) is 3.62. The van der Waals surface area contributed by atoms with E-state index in [2.05, 4.69) is 51.1 Å². The van der Waals surface area contributed by atoms with Gasteiger partial charge in [0.1, 0.15) is 0 Å². The summed E-state index contributed by atoms with van der Waals surface area (Å²) in [6.07, 6.45) is 2.85. The first-order valence-electron chi connectivity index (χ1n) is 7.48. The van der Waals surface area contributed by atoms with E-state index in [0.29, 0.717) is 6.04 Å². The molecule has 5 heteroatoms. The van der Waals surface area contributed by atoms with Gasteiger partial charge in [-0.1, -0.05) is 18.5 Å². The van der Waals surface area contributed by atoms with Crippen LogP contribution in [0.4, 0.5) is 0 Å². The Kier molecular flexibility index (Phi) is 5.47. The Labute approximate surface area is 136 Å². The van der Waals surface area contributed by atoms with Crippen LogP contribution >= 0.6 is 22.9 Å². The standard InChI is InChI=1S/C16H24ClN3S/c1-6-7-18-15(14-8-11(4)12(5)21-14)16-13(17)9-19-20(16)10(2)3/h8-10,15,18H,6-7H2,1-5H3. The molecule has 0 aliphatic carbocycles. The Bertz CT molecular complexity index is 581.